The van der Waals surface area contributed by atoms with Crippen molar-refractivity contribution in [3.05, 3.63) is 33.3 Å². The van der Waals surface area contributed by atoms with Crippen LogP contribution in [0.3, 0.4) is 0 Å². The normalized spacial score (nSPS) is 11.5. The van der Waals surface area contributed by atoms with Crippen LogP contribution in [-0.2, 0) is 9.53 Å². The lowest BCUT2D eigenvalue weighted by atomic mass is 10.2. The number of nitrogens with one attached hydrogen (secondary N) is 2. The number of imide groups is 1. The Morgan fingerprint density at radius 3 is 2.68 bits per heavy atom. The van der Waals surface area contributed by atoms with E-state index in [-0.39, 0.29) is 16.6 Å². The second-order valence-electron chi connectivity index (χ2n) is 4.53. The summed E-state index contributed by atoms with van der Waals surface area (Å²) in [4.78, 5) is 34.8. The minimum atomic E-state index is -0.746. The minimum absolute atomic E-state index is 0.0594. The zero-order valence-electron chi connectivity index (χ0n) is 12.1. The summed E-state index contributed by atoms with van der Waals surface area (Å²) < 4.78 is 5.48. The first-order chi connectivity index (χ1) is 10.3. The van der Waals surface area contributed by atoms with E-state index in [1.54, 1.807) is 13.0 Å². The fraction of sp³-hybridized carbons (Fsp3) is 0.357. The predicted octanol–water partition coefficient (Wildman–Crippen LogP) is 2.88. The highest BCUT2D eigenvalue weighted by Gasteiger charge is 2.15. The fourth-order valence-electron chi connectivity index (χ4n) is 1.39. The minimum Gasteiger partial charge on any atom is -0.452 e. The summed E-state index contributed by atoms with van der Waals surface area (Å²) in [5.41, 5.74) is 0.132. The molecule has 1 rings (SSSR count). The molecular formula is C14H16BrClN2O4. The van der Waals surface area contributed by atoms with Crippen molar-refractivity contribution in [2.24, 2.45) is 0 Å². The first kappa shape index (κ1) is 18.4. The monoisotopic (exact) mass is 390 g/mol. The zero-order valence-corrected chi connectivity index (χ0v) is 14.5. The molecule has 8 heteroatoms. The molecule has 120 valence electrons. The van der Waals surface area contributed by atoms with E-state index in [2.05, 4.69) is 26.6 Å². The summed E-state index contributed by atoms with van der Waals surface area (Å²) in [7, 11) is 0. The summed E-state index contributed by atoms with van der Waals surface area (Å²) >= 11 is 9.09. The number of benzene rings is 1. The van der Waals surface area contributed by atoms with Gasteiger partial charge in [-0.3, -0.25) is 10.1 Å². The van der Waals surface area contributed by atoms with Crippen LogP contribution in [-0.4, -0.2) is 30.6 Å². The summed E-state index contributed by atoms with van der Waals surface area (Å²) in [5.74, 6) is -1.47. The van der Waals surface area contributed by atoms with Crippen molar-refractivity contribution in [2.75, 3.05) is 6.61 Å². The van der Waals surface area contributed by atoms with Gasteiger partial charge in [0.05, 0.1) is 10.6 Å². The van der Waals surface area contributed by atoms with E-state index in [0.29, 0.717) is 4.47 Å². The molecule has 2 N–H and O–H groups in total. The zero-order chi connectivity index (χ0) is 16.7. The van der Waals surface area contributed by atoms with E-state index in [4.69, 9.17) is 16.3 Å². The molecule has 0 heterocycles. The van der Waals surface area contributed by atoms with Crippen LogP contribution < -0.4 is 10.6 Å². The average molecular weight is 392 g/mol. The van der Waals surface area contributed by atoms with Gasteiger partial charge in [0.15, 0.2) is 6.61 Å². The average Bonchev–Trinajstić information content (AvgIpc) is 2.46. The van der Waals surface area contributed by atoms with E-state index in [1.165, 1.54) is 12.1 Å². The molecular weight excluding hydrogens is 376 g/mol. The van der Waals surface area contributed by atoms with E-state index in [1.807, 2.05) is 6.92 Å². The summed E-state index contributed by atoms with van der Waals surface area (Å²) in [6.45, 7) is 3.13. The van der Waals surface area contributed by atoms with Crippen LogP contribution in [0.1, 0.15) is 30.6 Å². The number of amides is 3. The Labute approximate surface area is 141 Å². The smallest absolute Gasteiger partial charge is 0.340 e. The molecule has 0 saturated carbocycles. The van der Waals surface area contributed by atoms with Gasteiger partial charge in [-0.25, -0.2) is 9.59 Å². The van der Waals surface area contributed by atoms with Gasteiger partial charge in [0.25, 0.3) is 5.91 Å². The lowest BCUT2D eigenvalue weighted by molar-refractivity contribution is -0.123. The molecule has 6 nitrogen and oxygen atoms in total. The molecule has 0 fully saturated rings. The maximum absolute atomic E-state index is 11.8. The molecule has 1 aromatic carbocycles. The van der Waals surface area contributed by atoms with Gasteiger partial charge in [-0.15, -0.1) is 0 Å². The molecule has 0 aliphatic carbocycles. The Morgan fingerprint density at radius 1 is 1.36 bits per heavy atom. The number of hydrogen-bond donors (Lipinski definition) is 2. The predicted molar refractivity (Wildman–Crippen MR) is 85.9 cm³/mol. The third kappa shape index (κ3) is 6.03. The van der Waals surface area contributed by atoms with Crippen LogP contribution in [0.4, 0.5) is 4.79 Å². The number of rotatable bonds is 5. The van der Waals surface area contributed by atoms with Gasteiger partial charge in [-0.1, -0.05) is 34.5 Å². The summed E-state index contributed by atoms with van der Waals surface area (Å²) in [5, 5.41) is 4.84. The van der Waals surface area contributed by atoms with Gasteiger partial charge in [0, 0.05) is 10.5 Å². The van der Waals surface area contributed by atoms with Crippen LogP contribution in [0.5, 0.6) is 0 Å². The quantitative estimate of drug-likeness (QED) is 0.756. The third-order valence-corrected chi connectivity index (χ3v) is 3.55. The molecule has 0 spiro atoms. The van der Waals surface area contributed by atoms with Gasteiger partial charge >= 0.3 is 12.0 Å². The van der Waals surface area contributed by atoms with E-state index in [0.717, 1.165) is 6.42 Å². The van der Waals surface area contributed by atoms with Crippen LogP contribution in [0.15, 0.2) is 22.7 Å². The van der Waals surface area contributed by atoms with Crippen molar-refractivity contribution in [1.82, 2.24) is 10.6 Å². The van der Waals surface area contributed by atoms with Crippen molar-refractivity contribution in [3.63, 3.8) is 0 Å². The fourth-order valence-corrected chi connectivity index (χ4v) is 1.94. The first-order valence-corrected chi connectivity index (χ1v) is 7.73. The number of carbonyl (C=O) groups excluding carboxylic acids is 3. The Kier molecular flexibility index (Phi) is 7.34. The number of carbonyl (C=O) groups is 3. The maximum atomic E-state index is 11.8. The van der Waals surface area contributed by atoms with Crippen LogP contribution in [0.25, 0.3) is 0 Å². The third-order valence-electron chi connectivity index (χ3n) is 2.73. The van der Waals surface area contributed by atoms with Gasteiger partial charge in [0.2, 0.25) is 0 Å². The summed E-state index contributed by atoms with van der Waals surface area (Å²) in [6.07, 6.45) is 0.734. The van der Waals surface area contributed by atoms with Crippen LogP contribution in [0, 0.1) is 0 Å². The Balaban J connectivity index is 2.48. The van der Waals surface area contributed by atoms with Crippen LogP contribution in [0.2, 0.25) is 5.02 Å². The molecule has 22 heavy (non-hydrogen) atoms. The molecule has 3 amide bonds. The lowest BCUT2D eigenvalue weighted by Gasteiger charge is -2.12. The van der Waals surface area contributed by atoms with Crippen molar-refractivity contribution in [1.29, 1.82) is 0 Å². The highest BCUT2D eigenvalue weighted by molar-refractivity contribution is 9.10. The highest BCUT2D eigenvalue weighted by atomic mass is 79.9. The Morgan fingerprint density at radius 2 is 2.05 bits per heavy atom. The molecule has 0 aromatic heterocycles. The van der Waals surface area contributed by atoms with E-state index < -0.39 is 24.5 Å². The molecule has 1 aromatic rings. The highest BCUT2D eigenvalue weighted by Crippen LogP contribution is 2.21. The number of ether oxygens (including phenoxy) is 1. The molecule has 1 atom stereocenters. The van der Waals surface area contributed by atoms with Crippen molar-refractivity contribution in [2.45, 2.75) is 26.3 Å². The van der Waals surface area contributed by atoms with Gasteiger partial charge in [0.1, 0.15) is 0 Å². The molecule has 0 radical (unpaired) electrons. The number of urea groups is 1. The first-order valence-electron chi connectivity index (χ1n) is 6.56. The Hall–Kier alpha value is -1.60. The topological polar surface area (TPSA) is 84.5 Å². The van der Waals surface area contributed by atoms with Crippen molar-refractivity contribution in [3.8, 4) is 0 Å². The molecule has 0 saturated heterocycles. The second-order valence-corrected chi connectivity index (χ2v) is 5.85. The second kappa shape index (κ2) is 8.75. The maximum Gasteiger partial charge on any atom is 0.340 e. The van der Waals surface area contributed by atoms with Crippen molar-refractivity contribution < 1.29 is 19.1 Å². The largest absolute Gasteiger partial charge is 0.452 e. The molecule has 0 aliphatic heterocycles. The van der Waals surface area contributed by atoms with Gasteiger partial charge in [-0.05, 0) is 31.5 Å². The number of hydrogen-bond acceptors (Lipinski definition) is 4. The molecule has 0 aliphatic rings. The number of esters is 1. The number of halogens is 2. The molecule has 0 bridgehead atoms. The SMILES string of the molecule is CC[C@@H](C)NC(=O)NC(=O)COC(=O)c1cc(Br)ccc1Cl. The van der Waals surface area contributed by atoms with Crippen LogP contribution >= 0.6 is 27.5 Å². The summed E-state index contributed by atoms with van der Waals surface area (Å²) in [6, 6.07) is 4.00. The standard InChI is InChI=1S/C14H16BrClN2O4/c1-3-8(2)17-14(21)18-12(19)7-22-13(20)10-6-9(15)4-5-11(10)16/h4-6,8H,3,7H2,1-2H3,(H2,17,18,19,21)/t8-/m1/s1. The van der Waals surface area contributed by atoms with E-state index >= 15 is 0 Å². The lowest BCUT2D eigenvalue weighted by Crippen LogP contribution is -2.44. The van der Waals surface area contributed by atoms with E-state index in [9.17, 15) is 14.4 Å². The van der Waals surface area contributed by atoms with Gasteiger partial charge in [-0.2, -0.15) is 0 Å². The van der Waals surface area contributed by atoms with Crippen molar-refractivity contribution >= 4 is 45.4 Å². The van der Waals surface area contributed by atoms with Gasteiger partial charge < -0.3 is 10.1 Å². The molecule has 0 unspecified atom stereocenters. The Bertz CT molecular complexity index is 580.